The lowest BCUT2D eigenvalue weighted by Crippen LogP contribution is -2.29. The van der Waals surface area contributed by atoms with Crippen molar-refractivity contribution in [2.45, 2.75) is 45.6 Å². The molecule has 0 radical (unpaired) electrons. The predicted molar refractivity (Wildman–Crippen MR) is 85.8 cm³/mol. The summed E-state index contributed by atoms with van der Waals surface area (Å²) in [6.45, 7) is 5.16. The number of piperidine rings is 1. The molecule has 1 heterocycles. The maximum absolute atomic E-state index is 12.4. The van der Waals surface area contributed by atoms with Crippen molar-refractivity contribution in [2.75, 3.05) is 19.7 Å². The van der Waals surface area contributed by atoms with E-state index >= 15 is 0 Å². The third-order valence-corrected chi connectivity index (χ3v) is 4.02. The molecule has 0 bridgehead atoms. The average molecular weight is 303 g/mol. The van der Waals surface area contributed by atoms with Crippen molar-refractivity contribution in [1.29, 1.82) is 0 Å². The van der Waals surface area contributed by atoms with E-state index in [0.717, 1.165) is 30.8 Å². The Labute approximate surface area is 132 Å². The van der Waals surface area contributed by atoms with Gasteiger partial charge in [0.15, 0.2) is 5.78 Å². The van der Waals surface area contributed by atoms with Crippen LogP contribution in [0.4, 0.5) is 0 Å². The summed E-state index contributed by atoms with van der Waals surface area (Å²) in [5, 5.41) is 0. The van der Waals surface area contributed by atoms with Gasteiger partial charge in [-0.2, -0.15) is 0 Å². The summed E-state index contributed by atoms with van der Waals surface area (Å²) in [4.78, 5) is 26.2. The smallest absolute Gasteiger partial charge is 0.306 e. The van der Waals surface area contributed by atoms with Crippen molar-refractivity contribution in [3.05, 3.63) is 35.4 Å². The maximum atomic E-state index is 12.4. The Hall–Kier alpha value is -1.68. The number of hydrogen-bond donors (Lipinski definition) is 0. The number of likely N-dealkylation sites (tertiary alicyclic amines) is 1. The molecule has 0 aliphatic carbocycles. The lowest BCUT2D eigenvalue weighted by Gasteiger charge is -2.27. The molecule has 1 aliphatic heterocycles. The van der Waals surface area contributed by atoms with Crippen molar-refractivity contribution in [3.8, 4) is 0 Å². The first-order valence-electron chi connectivity index (χ1n) is 8.19. The fraction of sp³-hybridized carbons (Fsp3) is 0.556. The highest BCUT2D eigenvalue weighted by Crippen LogP contribution is 2.18. The van der Waals surface area contributed by atoms with Gasteiger partial charge in [-0.3, -0.25) is 14.5 Å². The second-order valence-electron chi connectivity index (χ2n) is 5.72. The van der Waals surface area contributed by atoms with E-state index < -0.39 is 0 Å². The molecule has 1 saturated heterocycles. The van der Waals surface area contributed by atoms with Crippen LogP contribution in [0.5, 0.6) is 0 Å². The van der Waals surface area contributed by atoms with Gasteiger partial charge in [-0.05, 0) is 38.4 Å². The van der Waals surface area contributed by atoms with Gasteiger partial charge in [0, 0.05) is 18.5 Å². The van der Waals surface area contributed by atoms with Crippen molar-refractivity contribution in [3.63, 3.8) is 0 Å². The highest BCUT2D eigenvalue weighted by Gasteiger charge is 2.16. The van der Waals surface area contributed by atoms with Crippen LogP contribution >= 0.6 is 0 Å². The fourth-order valence-electron chi connectivity index (χ4n) is 2.87. The van der Waals surface area contributed by atoms with Gasteiger partial charge in [-0.15, -0.1) is 0 Å². The standard InChI is InChI=1S/C18H25NO3/c1-2-22-18(21)11-10-17(20)16-9-5-4-8-15(16)14-19-12-6-3-7-13-19/h4-5,8-9H,2-3,6-7,10-14H2,1H3. The number of ketones is 1. The SMILES string of the molecule is CCOC(=O)CCC(=O)c1ccccc1CN1CCCCC1. The molecule has 120 valence electrons. The Kier molecular flexibility index (Phi) is 6.59. The summed E-state index contributed by atoms with van der Waals surface area (Å²) >= 11 is 0. The Morgan fingerprint density at radius 2 is 1.82 bits per heavy atom. The Morgan fingerprint density at radius 3 is 2.55 bits per heavy atom. The summed E-state index contributed by atoms with van der Waals surface area (Å²) in [6, 6.07) is 7.75. The molecule has 4 heteroatoms. The third kappa shape index (κ3) is 4.95. The molecule has 0 N–H and O–H groups in total. The fourth-order valence-corrected chi connectivity index (χ4v) is 2.87. The molecule has 2 rings (SSSR count). The second kappa shape index (κ2) is 8.69. The van der Waals surface area contributed by atoms with Crippen LogP contribution in [0.2, 0.25) is 0 Å². The summed E-state index contributed by atoms with van der Waals surface area (Å²) in [5.74, 6) is -0.273. The quantitative estimate of drug-likeness (QED) is 0.573. The molecule has 0 saturated carbocycles. The van der Waals surface area contributed by atoms with Crippen molar-refractivity contribution in [2.24, 2.45) is 0 Å². The van der Waals surface area contributed by atoms with Crippen LogP contribution in [0, 0.1) is 0 Å². The van der Waals surface area contributed by atoms with Crippen molar-refractivity contribution >= 4 is 11.8 Å². The van der Waals surface area contributed by atoms with Crippen LogP contribution in [0.15, 0.2) is 24.3 Å². The van der Waals surface area contributed by atoms with Crippen LogP contribution in [0.1, 0.15) is 54.9 Å². The summed E-state index contributed by atoms with van der Waals surface area (Å²) in [7, 11) is 0. The number of ether oxygens (including phenoxy) is 1. The zero-order chi connectivity index (χ0) is 15.8. The van der Waals surface area contributed by atoms with Gasteiger partial charge < -0.3 is 4.74 Å². The van der Waals surface area contributed by atoms with Gasteiger partial charge >= 0.3 is 5.97 Å². The summed E-state index contributed by atoms with van der Waals surface area (Å²) < 4.78 is 4.88. The normalized spacial score (nSPS) is 15.5. The van der Waals surface area contributed by atoms with E-state index in [0.29, 0.717) is 6.61 Å². The van der Waals surface area contributed by atoms with Crippen molar-refractivity contribution in [1.82, 2.24) is 4.90 Å². The van der Waals surface area contributed by atoms with E-state index in [1.54, 1.807) is 6.92 Å². The van der Waals surface area contributed by atoms with E-state index in [1.165, 1.54) is 19.3 Å². The lowest BCUT2D eigenvalue weighted by molar-refractivity contribution is -0.143. The number of esters is 1. The molecule has 0 unspecified atom stereocenters. The zero-order valence-corrected chi connectivity index (χ0v) is 13.3. The van der Waals surface area contributed by atoms with Crippen LogP contribution in [-0.4, -0.2) is 36.3 Å². The van der Waals surface area contributed by atoms with E-state index in [2.05, 4.69) is 4.90 Å². The largest absolute Gasteiger partial charge is 0.466 e. The monoisotopic (exact) mass is 303 g/mol. The van der Waals surface area contributed by atoms with Gasteiger partial charge in [0.25, 0.3) is 0 Å². The minimum atomic E-state index is -0.302. The first-order valence-corrected chi connectivity index (χ1v) is 8.19. The number of carbonyl (C=O) groups excluding carboxylic acids is 2. The van der Waals surface area contributed by atoms with E-state index in [9.17, 15) is 9.59 Å². The molecule has 0 amide bonds. The molecular weight excluding hydrogens is 278 g/mol. The minimum Gasteiger partial charge on any atom is -0.466 e. The maximum Gasteiger partial charge on any atom is 0.306 e. The highest BCUT2D eigenvalue weighted by molar-refractivity contribution is 5.98. The van der Waals surface area contributed by atoms with Crippen LogP contribution < -0.4 is 0 Å². The number of benzene rings is 1. The minimum absolute atomic E-state index is 0.0284. The predicted octanol–water partition coefficient (Wildman–Crippen LogP) is 3.20. The molecule has 4 nitrogen and oxygen atoms in total. The highest BCUT2D eigenvalue weighted by atomic mass is 16.5. The Morgan fingerprint density at radius 1 is 1.09 bits per heavy atom. The molecule has 22 heavy (non-hydrogen) atoms. The van der Waals surface area contributed by atoms with Gasteiger partial charge in [0.2, 0.25) is 0 Å². The molecule has 1 aromatic rings. The number of nitrogens with zero attached hydrogens (tertiary/aromatic N) is 1. The van der Waals surface area contributed by atoms with E-state index in [-0.39, 0.29) is 24.6 Å². The molecule has 1 fully saturated rings. The third-order valence-electron chi connectivity index (χ3n) is 4.02. The number of hydrogen-bond acceptors (Lipinski definition) is 4. The van der Waals surface area contributed by atoms with Crippen molar-refractivity contribution < 1.29 is 14.3 Å². The first kappa shape index (κ1) is 16.7. The van der Waals surface area contributed by atoms with E-state index in [1.807, 2.05) is 24.3 Å². The first-order chi connectivity index (χ1) is 10.7. The zero-order valence-electron chi connectivity index (χ0n) is 13.3. The summed E-state index contributed by atoms with van der Waals surface area (Å²) in [5.41, 5.74) is 1.82. The van der Waals surface area contributed by atoms with Crippen LogP contribution in [-0.2, 0) is 16.1 Å². The van der Waals surface area contributed by atoms with Gasteiger partial charge in [-0.25, -0.2) is 0 Å². The van der Waals surface area contributed by atoms with Crippen LogP contribution in [0.3, 0.4) is 0 Å². The molecular formula is C18H25NO3. The van der Waals surface area contributed by atoms with Gasteiger partial charge in [-0.1, -0.05) is 30.7 Å². The van der Waals surface area contributed by atoms with Crippen LogP contribution in [0.25, 0.3) is 0 Å². The molecule has 0 spiro atoms. The molecule has 1 aliphatic rings. The Bertz CT molecular complexity index is 507. The number of carbonyl (C=O) groups is 2. The number of rotatable bonds is 7. The average Bonchev–Trinajstić information content (AvgIpc) is 2.54. The molecule has 1 aromatic carbocycles. The van der Waals surface area contributed by atoms with Gasteiger partial charge in [0.05, 0.1) is 13.0 Å². The second-order valence-corrected chi connectivity index (χ2v) is 5.72. The molecule has 0 atom stereocenters. The molecule has 0 aromatic heterocycles. The Balaban J connectivity index is 1.97. The summed E-state index contributed by atoms with van der Waals surface area (Å²) in [6.07, 6.45) is 4.15. The number of Topliss-reactive ketones (excluding diaryl/α,β-unsaturated/α-hetero) is 1. The lowest BCUT2D eigenvalue weighted by atomic mass is 9.99. The van der Waals surface area contributed by atoms with E-state index in [4.69, 9.17) is 4.74 Å². The topological polar surface area (TPSA) is 46.6 Å². The van der Waals surface area contributed by atoms with Gasteiger partial charge in [0.1, 0.15) is 0 Å².